The molecule has 1 aromatic heterocycles. The number of aromatic nitrogens is 1. The van der Waals surface area contributed by atoms with Crippen LogP contribution in [-0.2, 0) is 16.1 Å². The van der Waals surface area contributed by atoms with Crippen LogP contribution in [0.3, 0.4) is 0 Å². The third-order valence-corrected chi connectivity index (χ3v) is 7.56. The molecule has 1 aliphatic carbocycles. The number of amides is 1. The summed E-state index contributed by atoms with van der Waals surface area (Å²) in [5, 5.41) is 15.1. The van der Waals surface area contributed by atoms with Crippen molar-refractivity contribution in [1.82, 2.24) is 14.8 Å². The number of morpholine rings is 1. The minimum atomic E-state index is -1.00. The Morgan fingerprint density at radius 3 is 2.56 bits per heavy atom. The zero-order valence-corrected chi connectivity index (χ0v) is 22.0. The SMILES string of the molecule is CNC(=O)COc1cc2c3c(n(CCCN4CCOCC4)c(=O)c2cc1OC)-c1cc2c(cc1C3O)OCO2. The van der Waals surface area contributed by atoms with Crippen molar-refractivity contribution in [2.75, 3.05) is 60.4 Å². The standard InChI is InChI=1S/C28H31N3O8/c1-29-24(32)14-37-21-10-16-19(13-20(21)35-2)28(34)31(5-3-4-30-6-8-36-9-7-30)26-17-11-22-23(39-15-38-22)12-18(17)27(33)25(16)26/h10-13,27,33H,3-9,14-15H2,1-2H3,(H,29,32). The molecule has 2 aromatic carbocycles. The van der Waals surface area contributed by atoms with E-state index in [1.165, 1.54) is 14.2 Å². The predicted octanol–water partition coefficient (Wildman–Crippen LogP) is 1.65. The topological polar surface area (TPSA) is 121 Å². The van der Waals surface area contributed by atoms with Gasteiger partial charge < -0.3 is 38.7 Å². The van der Waals surface area contributed by atoms with Gasteiger partial charge in [-0.3, -0.25) is 14.5 Å². The van der Waals surface area contributed by atoms with Crippen LogP contribution in [0.1, 0.15) is 23.7 Å². The number of rotatable bonds is 8. The summed E-state index contributed by atoms with van der Waals surface area (Å²) in [5.74, 6) is 1.46. The molecule has 206 valence electrons. The van der Waals surface area contributed by atoms with Gasteiger partial charge in [0.15, 0.2) is 29.6 Å². The number of hydrogen-bond donors (Lipinski definition) is 2. The number of aliphatic hydroxyl groups excluding tert-OH is 1. The lowest BCUT2D eigenvalue weighted by Gasteiger charge is -2.26. The van der Waals surface area contributed by atoms with E-state index >= 15 is 0 Å². The van der Waals surface area contributed by atoms with Crippen molar-refractivity contribution in [2.24, 2.45) is 0 Å². The van der Waals surface area contributed by atoms with Crippen LogP contribution in [0.25, 0.3) is 22.0 Å². The molecule has 11 heteroatoms. The maximum atomic E-state index is 14.0. The van der Waals surface area contributed by atoms with Crippen LogP contribution in [0.5, 0.6) is 23.0 Å². The quantitative estimate of drug-likeness (QED) is 0.442. The molecule has 11 nitrogen and oxygen atoms in total. The molecule has 39 heavy (non-hydrogen) atoms. The van der Waals surface area contributed by atoms with E-state index in [1.54, 1.807) is 22.8 Å². The summed E-state index contributed by atoms with van der Waals surface area (Å²) in [7, 11) is 3.00. The second-order valence-electron chi connectivity index (χ2n) is 9.73. The van der Waals surface area contributed by atoms with E-state index in [9.17, 15) is 14.7 Å². The van der Waals surface area contributed by atoms with Gasteiger partial charge in [-0.15, -0.1) is 0 Å². The van der Waals surface area contributed by atoms with Crippen molar-refractivity contribution in [1.29, 1.82) is 0 Å². The number of nitrogens with one attached hydrogen (secondary N) is 1. The number of fused-ring (bicyclic) bond motifs is 6. The highest BCUT2D eigenvalue weighted by Gasteiger charge is 2.36. The molecule has 1 amide bonds. The van der Waals surface area contributed by atoms with Crippen molar-refractivity contribution >= 4 is 16.7 Å². The molecule has 3 aliphatic rings. The van der Waals surface area contributed by atoms with Gasteiger partial charge in [-0.2, -0.15) is 0 Å². The van der Waals surface area contributed by atoms with Crippen LogP contribution >= 0.6 is 0 Å². The molecule has 1 atom stereocenters. The number of aliphatic hydroxyl groups is 1. The molecule has 1 fully saturated rings. The van der Waals surface area contributed by atoms with Gasteiger partial charge in [0.05, 0.1) is 31.4 Å². The van der Waals surface area contributed by atoms with Gasteiger partial charge in [0.1, 0.15) is 6.10 Å². The van der Waals surface area contributed by atoms with Crippen LogP contribution in [0.4, 0.5) is 0 Å². The Labute approximate surface area is 224 Å². The highest BCUT2D eigenvalue weighted by Crippen LogP contribution is 2.51. The lowest BCUT2D eigenvalue weighted by atomic mass is 10.0. The molecule has 2 aliphatic heterocycles. The average Bonchev–Trinajstić information content (AvgIpc) is 3.54. The molecule has 3 heterocycles. The first-order valence-corrected chi connectivity index (χ1v) is 13.0. The first-order valence-electron chi connectivity index (χ1n) is 13.0. The maximum Gasteiger partial charge on any atom is 0.259 e. The Kier molecular flexibility index (Phi) is 6.79. The third-order valence-electron chi connectivity index (χ3n) is 7.56. The fraction of sp³-hybridized carbons (Fsp3) is 0.429. The number of likely N-dealkylation sites (N-methyl/N-ethyl adjacent to an activating group) is 1. The Balaban J connectivity index is 1.49. The van der Waals surface area contributed by atoms with E-state index in [1.807, 2.05) is 6.07 Å². The molecule has 3 aromatic rings. The Morgan fingerprint density at radius 1 is 1.08 bits per heavy atom. The van der Waals surface area contributed by atoms with E-state index in [-0.39, 0.29) is 24.9 Å². The number of carbonyl (C=O) groups excluding carboxylic acids is 1. The predicted molar refractivity (Wildman–Crippen MR) is 142 cm³/mol. The van der Waals surface area contributed by atoms with Gasteiger partial charge in [0.2, 0.25) is 6.79 Å². The van der Waals surface area contributed by atoms with Crippen LogP contribution < -0.4 is 29.8 Å². The molecule has 0 spiro atoms. The third kappa shape index (κ3) is 4.46. The van der Waals surface area contributed by atoms with E-state index in [0.717, 1.165) is 31.6 Å². The minimum Gasteiger partial charge on any atom is -0.493 e. The smallest absolute Gasteiger partial charge is 0.259 e. The summed E-state index contributed by atoms with van der Waals surface area (Å²) in [5.41, 5.74) is 2.43. The highest BCUT2D eigenvalue weighted by molar-refractivity contribution is 5.96. The maximum absolute atomic E-state index is 14.0. The number of hydrogen-bond acceptors (Lipinski definition) is 9. The van der Waals surface area contributed by atoms with Gasteiger partial charge in [-0.1, -0.05) is 0 Å². The van der Waals surface area contributed by atoms with E-state index < -0.39 is 6.10 Å². The fourth-order valence-electron chi connectivity index (χ4n) is 5.57. The molecule has 1 saturated heterocycles. The van der Waals surface area contributed by atoms with Crippen molar-refractivity contribution in [2.45, 2.75) is 19.1 Å². The molecular weight excluding hydrogens is 506 g/mol. The van der Waals surface area contributed by atoms with E-state index in [2.05, 4.69) is 10.2 Å². The number of carbonyl (C=O) groups is 1. The molecule has 0 radical (unpaired) electrons. The minimum absolute atomic E-state index is 0.108. The van der Waals surface area contributed by atoms with Gasteiger partial charge in [0, 0.05) is 44.4 Å². The van der Waals surface area contributed by atoms with E-state index in [0.29, 0.717) is 70.3 Å². The molecule has 1 unspecified atom stereocenters. The van der Waals surface area contributed by atoms with Crippen molar-refractivity contribution in [3.05, 3.63) is 45.7 Å². The largest absolute Gasteiger partial charge is 0.493 e. The fourth-order valence-corrected chi connectivity index (χ4v) is 5.57. The normalized spacial score (nSPS) is 17.7. The number of pyridine rings is 1. The summed E-state index contributed by atoms with van der Waals surface area (Å²) < 4.78 is 29.7. The second-order valence-corrected chi connectivity index (χ2v) is 9.73. The van der Waals surface area contributed by atoms with Crippen LogP contribution in [-0.4, -0.2) is 80.9 Å². The van der Waals surface area contributed by atoms with Crippen molar-refractivity contribution in [3.63, 3.8) is 0 Å². The molecule has 0 saturated carbocycles. The first kappa shape index (κ1) is 25.5. The molecule has 6 rings (SSSR count). The Bertz CT molecular complexity index is 1490. The number of ether oxygens (including phenoxy) is 5. The summed E-state index contributed by atoms with van der Waals surface area (Å²) >= 11 is 0. The summed E-state index contributed by atoms with van der Waals surface area (Å²) in [4.78, 5) is 28.2. The zero-order chi connectivity index (χ0) is 27.1. The van der Waals surface area contributed by atoms with Crippen molar-refractivity contribution in [3.8, 4) is 34.3 Å². The first-order chi connectivity index (χ1) is 19.0. The van der Waals surface area contributed by atoms with E-state index in [4.69, 9.17) is 23.7 Å². The van der Waals surface area contributed by atoms with Gasteiger partial charge >= 0.3 is 0 Å². The molecule has 2 N–H and O–H groups in total. The summed E-state index contributed by atoms with van der Waals surface area (Å²) in [6, 6.07) is 6.91. The average molecular weight is 538 g/mol. The highest BCUT2D eigenvalue weighted by atomic mass is 16.7. The summed E-state index contributed by atoms with van der Waals surface area (Å²) in [6.45, 7) is 4.34. The lowest BCUT2D eigenvalue weighted by molar-refractivity contribution is -0.122. The second kappa shape index (κ2) is 10.4. The van der Waals surface area contributed by atoms with Gasteiger partial charge in [-0.05, 0) is 41.6 Å². The lowest BCUT2D eigenvalue weighted by Crippen LogP contribution is -2.37. The molecular formula is C28H31N3O8. The zero-order valence-electron chi connectivity index (χ0n) is 22.0. The van der Waals surface area contributed by atoms with Crippen LogP contribution in [0, 0.1) is 0 Å². The van der Waals surface area contributed by atoms with Gasteiger partial charge in [-0.25, -0.2) is 0 Å². The van der Waals surface area contributed by atoms with Crippen LogP contribution in [0.15, 0.2) is 29.1 Å². The monoisotopic (exact) mass is 537 g/mol. The number of benzene rings is 2. The van der Waals surface area contributed by atoms with Gasteiger partial charge in [0.25, 0.3) is 11.5 Å². The Morgan fingerprint density at radius 2 is 1.82 bits per heavy atom. The number of methoxy groups -OCH3 is 1. The summed E-state index contributed by atoms with van der Waals surface area (Å²) in [6.07, 6.45) is -0.253. The molecule has 0 bridgehead atoms. The van der Waals surface area contributed by atoms with Crippen LogP contribution in [0.2, 0.25) is 0 Å². The number of nitrogens with zero attached hydrogens (tertiary/aromatic N) is 2. The Hall–Kier alpha value is -3.80. The van der Waals surface area contributed by atoms with Crippen molar-refractivity contribution < 1.29 is 33.6 Å².